The molecule has 6 nitrogen and oxygen atoms in total. The predicted molar refractivity (Wildman–Crippen MR) is 67.5 cm³/mol. The maximum atomic E-state index is 11.4. The molecule has 0 spiro atoms. The van der Waals surface area contributed by atoms with Crippen molar-refractivity contribution in [1.29, 1.82) is 0 Å². The van der Waals surface area contributed by atoms with Crippen LogP contribution in [0.3, 0.4) is 0 Å². The molecule has 2 aromatic rings. The first-order chi connectivity index (χ1) is 9.24. The monoisotopic (exact) mass is 261 g/mol. The fourth-order valence-corrected chi connectivity index (χ4v) is 1.74. The highest BCUT2D eigenvalue weighted by Gasteiger charge is 2.14. The quantitative estimate of drug-likeness (QED) is 0.783. The van der Waals surface area contributed by atoms with E-state index in [0.717, 1.165) is 17.5 Å². The Morgan fingerprint density at radius 3 is 3.05 bits per heavy atom. The van der Waals surface area contributed by atoms with Gasteiger partial charge in [-0.3, -0.25) is 9.78 Å². The molecule has 2 heterocycles. The minimum Gasteiger partial charge on any atom is -0.377 e. The summed E-state index contributed by atoms with van der Waals surface area (Å²) in [4.78, 5) is 19.7. The SMILES string of the molecule is CCc1cnccc1-c1noc(CC(=O)COC)n1. The van der Waals surface area contributed by atoms with E-state index >= 15 is 0 Å². The molecule has 2 aromatic heterocycles. The number of hydrogen-bond donors (Lipinski definition) is 0. The van der Waals surface area contributed by atoms with Gasteiger partial charge < -0.3 is 9.26 Å². The highest BCUT2D eigenvalue weighted by Crippen LogP contribution is 2.20. The number of pyridine rings is 1. The van der Waals surface area contributed by atoms with Gasteiger partial charge in [0.25, 0.3) is 0 Å². The van der Waals surface area contributed by atoms with Crippen molar-refractivity contribution in [2.45, 2.75) is 19.8 Å². The van der Waals surface area contributed by atoms with Crippen LogP contribution in [0.5, 0.6) is 0 Å². The van der Waals surface area contributed by atoms with Gasteiger partial charge in [0.1, 0.15) is 6.61 Å². The molecule has 0 N–H and O–H groups in total. The molecule has 0 unspecified atom stereocenters. The molecule has 0 saturated carbocycles. The molecule has 100 valence electrons. The zero-order chi connectivity index (χ0) is 13.7. The Hall–Kier alpha value is -2.08. The van der Waals surface area contributed by atoms with Crippen LogP contribution in [0.4, 0.5) is 0 Å². The fourth-order valence-electron chi connectivity index (χ4n) is 1.74. The molecule has 19 heavy (non-hydrogen) atoms. The van der Waals surface area contributed by atoms with Gasteiger partial charge in [-0.1, -0.05) is 12.1 Å². The standard InChI is InChI=1S/C13H15N3O3/c1-3-9-7-14-5-4-11(9)13-15-12(19-16-13)6-10(17)8-18-2/h4-5,7H,3,6,8H2,1-2H3. The number of methoxy groups -OCH3 is 1. The lowest BCUT2D eigenvalue weighted by molar-refractivity contribution is -0.122. The van der Waals surface area contributed by atoms with Crippen LogP contribution in [0.25, 0.3) is 11.4 Å². The Balaban J connectivity index is 2.19. The molecule has 6 heteroatoms. The molecule has 0 aliphatic heterocycles. The number of carbonyl (C=O) groups is 1. The Kier molecular flexibility index (Phi) is 4.35. The third-order valence-corrected chi connectivity index (χ3v) is 2.65. The zero-order valence-corrected chi connectivity index (χ0v) is 10.9. The van der Waals surface area contributed by atoms with Crippen LogP contribution in [0, 0.1) is 0 Å². The van der Waals surface area contributed by atoms with E-state index in [4.69, 9.17) is 9.26 Å². The van der Waals surface area contributed by atoms with Gasteiger partial charge in [0.2, 0.25) is 11.7 Å². The van der Waals surface area contributed by atoms with Crippen molar-refractivity contribution < 1.29 is 14.1 Å². The van der Waals surface area contributed by atoms with Gasteiger partial charge in [0.15, 0.2) is 5.78 Å². The summed E-state index contributed by atoms with van der Waals surface area (Å²) in [7, 11) is 1.47. The van der Waals surface area contributed by atoms with Gasteiger partial charge in [-0.15, -0.1) is 0 Å². The van der Waals surface area contributed by atoms with E-state index in [9.17, 15) is 4.79 Å². The van der Waals surface area contributed by atoms with Crippen molar-refractivity contribution in [3.05, 3.63) is 29.9 Å². The van der Waals surface area contributed by atoms with Crippen molar-refractivity contribution in [1.82, 2.24) is 15.1 Å². The highest BCUT2D eigenvalue weighted by atomic mass is 16.5. The van der Waals surface area contributed by atoms with Crippen LogP contribution in [0.2, 0.25) is 0 Å². The number of ketones is 1. The smallest absolute Gasteiger partial charge is 0.234 e. The lowest BCUT2D eigenvalue weighted by atomic mass is 10.1. The molecule has 0 aliphatic rings. The number of nitrogens with zero attached hydrogens (tertiary/aromatic N) is 3. The summed E-state index contributed by atoms with van der Waals surface area (Å²) in [5, 5.41) is 3.90. The lowest BCUT2D eigenvalue weighted by Crippen LogP contribution is -2.09. The number of Topliss-reactive ketones (excluding diaryl/α,β-unsaturated/α-hetero) is 1. The van der Waals surface area contributed by atoms with Crippen LogP contribution < -0.4 is 0 Å². The molecule has 0 bridgehead atoms. The third-order valence-electron chi connectivity index (χ3n) is 2.65. The predicted octanol–water partition coefficient (Wildman–Crippen LogP) is 1.45. The molecule has 0 saturated heterocycles. The average molecular weight is 261 g/mol. The van der Waals surface area contributed by atoms with Crippen molar-refractivity contribution >= 4 is 5.78 Å². The Morgan fingerprint density at radius 2 is 2.32 bits per heavy atom. The van der Waals surface area contributed by atoms with Crippen molar-refractivity contribution in [3.63, 3.8) is 0 Å². The number of aromatic nitrogens is 3. The third kappa shape index (κ3) is 3.23. The van der Waals surface area contributed by atoms with E-state index in [0.29, 0.717) is 11.7 Å². The van der Waals surface area contributed by atoms with Crippen molar-refractivity contribution in [2.24, 2.45) is 0 Å². The molecule has 2 rings (SSSR count). The molecular formula is C13H15N3O3. The van der Waals surface area contributed by atoms with Gasteiger partial charge in [0, 0.05) is 25.1 Å². The maximum absolute atomic E-state index is 11.4. The van der Waals surface area contributed by atoms with Gasteiger partial charge in [-0.25, -0.2) is 0 Å². The second-order valence-corrected chi connectivity index (χ2v) is 4.05. The molecule has 0 atom stereocenters. The summed E-state index contributed by atoms with van der Waals surface area (Å²) in [5.74, 6) is 0.693. The maximum Gasteiger partial charge on any atom is 0.234 e. The van der Waals surface area contributed by atoms with E-state index < -0.39 is 0 Å². The zero-order valence-electron chi connectivity index (χ0n) is 10.9. The summed E-state index contributed by atoms with van der Waals surface area (Å²) in [6, 6.07) is 1.84. The summed E-state index contributed by atoms with van der Waals surface area (Å²) in [5.41, 5.74) is 1.92. The van der Waals surface area contributed by atoms with Gasteiger partial charge >= 0.3 is 0 Å². The summed E-state index contributed by atoms with van der Waals surface area (Å²) < 4.78 is 9.83. The normalized spacial score (nSPS) is 10.6. The Labute approximate surface area is 110 Å². The first kappa shape index (κ1) is 13.4. The largest absolute Gasteiger partial charge is 0.377 e. The van der Waals surface area contributed by atoms with E-state index in [1.807, 2.05) is 13.0 Å². The van der Waals surface area contributed by atoms with Crippen LogP contribution in [0.1, 0.15) is 18.4 Å². The average Bonchev–Trinajstić information content (AvgIpc) is 2.87. The van der Waals surface area contributed by atoms with Crippen LogP contribution >= 0.6 is 0 Å². The van der Waals surface area contributed by atoms with E-state index in [-0.39, 0.29) is 18.8 Å². The molecular weight excluding hydrogens is 246 g/mol. The summed E-state index contributed by atoms with van der Waals surface area (Å²) >= 11 is 0. The Morgan fingerprint density at radius 1 is 1.47 bits per heavy atom. The van der Waals surface area contributed by atoms with Gasteiger partial charge in [-0.2, -0.15) is 4.98 Å². The fraction of sp³-hybridized carbons (Fsp3) is 0.385. The number of hydrogen-bond acceptors (Lipinski definition) is 6. The molecule has 0 aliphatic carbocycles. The van der Waals surface area contributed by atoms with E-state index in [2.05, 4.69) is 15.1 Å². The van der Waals surface area contributed by atoms with Crippen LogP contribution in [-0.2, 0) is 22.4 Å². The summed E-state index contributed by atoms with van der Waals surface area (Å²) in [6.45, 7) is 2.08. The topological polar surface area (TPSA) is 78.1 Å². The summed E-state index contributed by atoms with van der Waals surface area (Å²) in [6.07, 6.45) is 4.38. The van der Waals surface area contributed by atoms with Crippen LogP contribution in [0.15, 0.2) is 23.0 Å². The first-order valence-corrected chi connectivity index (χ1v) is 6.01. The Bertz CT molecular complexity index is 566. The molecule has 0 aromatic carbocycles. The molecule has 0 radical (unpaired) electrons. The molecule has 0 fully saturated rings. The van der Waals surface area contributed by atoms with Gasteiger partial charge in [0.05, 0.1) is 6.42 Å². The van der Waals surface area contributed by atoms with E-state index in [1.165, 1.54) is 7.11 Å². The second-order valence-electron chi connectivity index (χ2n) is 4.05. The van der Waals surface area contributed by atoms with Crippen LogP contribution in [-0.4, -0.2) is 34.6 Å². The number of ether oxygens (including phenoxy) is 1. The van der Waals surface area contributed by atoms with E-state index in [1.54, 1.807) is 12.4 Å². The number of carbonyl (C=O) groups excluding carboxylic acids is 1. The van der Waals surface area contributed by atoms with Crippen molar-refractivity contribution in [3.8, 4) is 11.4 Å². The minimum atomic E-state index is -0.0943. The number of aryl methyl sites for hydroxylation is 1. The molecule has 0 amide bonds. The minimum absolute atomic E-state index is 0.0488. The van der Waals surface area contributed by atoms with Gasteiger partial charge in [-0.05, 0) is 18.1 Å². The number of rotatable bonds is 6. The van der Waals surface area contributed by atoms with Crippen molar-refractivity contribution in [2.75, 3.05) is 13.7 Å². The first-order valence-electron chi connectivity index (χ1n) is 6.01. The second kappa shape index (κ2) is 6.19. The lowest BCUT2D eigenvalue weighted by Gasteiger charge is -2.00. The highest BCUT2D eigenvalue weighted by molar-refractivity contribution is 5.81.